The van der Waals surface area contributed by atoms with Gasteiger partial charge in [0.05, 0.1) is 31.3 Å². The lowest BCUT2D eigenvalue weighted by atomic mass is 9.35. The van der Waals surface area contributed by atoms with Crippen LogP contribution in [0.4, 0.5) is 0 Å². The first kappa shape index (κ1) is 26.7. The summed E-state index contributed by atoms with van der Waals surface area (Å²) in [6.07, 6.45) is 8.06. The zero-order valence-corrected chi connectivity index (χ0v) is 23.6. The predicted molar refractivity (Wildman–Crippen MR) is 140 cm³/mol. The van der Waals surface area contributed by atoms with Gasteiger partial charge in [0.2, 0.25) is 0 Å². The SMILES string of the molecule is COC(=O)[C@]12C[C@@H](O)[C@H](O)[C@@](C)(CO)[C@@H]1CC[C@H]1C2=CC[C@@]2(C)[C@@H]3CC[C@H](C(C)C)[C@@]3(C)CC[C@]12C. The molecule has 0 heterocycles. The molecule has 0 aromatic heterocycles. The van der Waals surface area contributed by atoms with Crippen molar-refractivity contribution in [3.63, 3.8) is 0 Å². The van der Waals surface area contributed by atoms with Crippen LogP contribution in [0.2, 0.25) is 0 Å². The summed E-state index contributed by atoms with van der Waals surface area (Å²) in [5.74, 6) is 1.82. The number of carbonyl (C=O) groups excluding carboxylic acids is 1. The third-order valence-corrected chi connectivity index (χ3v) is 13.5. The van der Waals surface area contributed by atoms with Crippen molar-refractivity contribution >= 4 is 5.97 Å². The van der Waals surface area contributed by atoms with Gasteiger partial charge in [-0.05, 0) is 97.2 Å². The van der Waals surface area contributed by atoms with Crippen molar-refractivity contribution in [3.05, 3.63) is 11.6 Å². The monoisotopic (exact) mass is 502 g/mol. The summed E-state index contributed by atoms with van der Waals surface area (Å²) in [6.45, 7) is 14.0. The Morgan fingerprint density at radius 1 is 1.03 bits per heavy atom. The molecule has 204 valence electrons. The van der Waals surface area contributed by atoms with Crippen molar-refractivity contribution < 1.29 is 24.9 Å². The number of carbonyl (C=O) groups is 1. The van der Waals surface area contributed by atoms with Crippen LogP contribution in [0.25, 0.3) is 0 Å². The zero-order chi connectivity index (χ0) is 26.5. The Bertz CT molecular complexity index is 943. The van der Waals surface area contributed by atoms with Gasteiger partial charge >= 0.3 is 5.97 Å². The van der Waals surface area contributed by atoms with Crippen LogP contribution < -0.4 is 0 Å². The number of methoxy groups -OCH3 is 1. The fourth-order valence-electron chi connectivity index (χ4n) is 11.4. The minimum Gasteiger partial charge on any atom is -0.468 e. The Balaban J connectivity index is 1.64. The van der Waals surface area contributed by atoms with Crippen LogP contribution in [0.1, 0.15) is 92.9 Å². The number of hydrogen-bond donors (Lipinski definition) is 3. The molecule has 0 radical (unpaired) electrons. The summed E-state index contributed by atoms with van der Waals surface area (Å²) >= 11 is 0. The summed E-state index contributed by atoms with van der Waals surface area (Å²) in [6, 6.07) is 0. The Morgan fingerprint density at radius 3 is 2.31 bits per heavy atom. The number of rotatable bonds is 3. The minimum atomic E-state index is -1.07. The van der Waals surface area contributed by atoms with Gasteiger partial charge in [0, 0.05) is 5.41 Å². The van der Waals surface area contributed by atoms with E-state index >= 15 is 0 Å². The molecule has 5 aliphatic rings. The van der Waals surface area contributed by atoms with Gasteiger partial charge in [0.1, 0.15) is 0 Å². The highest BCUT2D eigenvalue weighted by molar-refractivity contribution is 5.82. The molecular formula is C31H50O5. The van der Waals surface area contributed by atoms with E-state index in [1.807, 2.05) is 6.92 Å². The van der Waals surface area contributed by atoms with E-state index in [1.54, 1.807) is 0 Å². The molecule has 0 amide bonds. The number of aliphatic hydroxyl groups is 3. The molecule has 0 spiro atoms. The second kappa shape index (κ2) is 8.29. The standard InChI is InChI=1S/C31H50O5/c1-18(2)19-8-10-23-27(19,3)14-15-29(5)20-9-11-24-28(4,17-32)25(34)22(33)16-31(24,26(35)36-7)21(20)12-13-30(23,29)6/h12,18-20,22-25,32-34H,8-11,13-17H2,1-7H3/t19-,20+,22-,23-,24+,25+,27-,28+,29-,30+,31+/m1/s1. The maximum atomic E-state index is 13.8. The topological polar surface area (TPSA) is 87.0 Å². The Morgan fingerprint density at radius 2 is 1.69 bits per heavy atom. The Labute approximate surface area is 218 Å². The molecule has 3 N–H and O–H groups in total. The van der Waals surface area contributed by atoms with Crippen molar-refractivity contribution in [2.75, 3.05) is 13.7 Å². The Kier molecular flexibility index (Phi) is 6.15. The van der Waals surface area contributed by atoms with Gasteiger partial charge in [-0.2, -0.15) is 0 Å². The third kappa shape index (κ3) is 2.97. The second-order valence-electron chi connectivity index (χ2n) is 14.7. The molecule has 0 aromatic rings. The van der Waals surface area contributed by atoms with E-state index in [9.17, 15) is 20.1 Å². The smallest absolute Gasteiger partial charge is 0.316 e. The van der Waals surface area contributed by atoms with E-state index in [2.05, 4.69) is 40.7 Å². The minimum absolute atomic E-state index is 0.0652. The number of hydrogen-bond acceptors (Lipinski definition) is 5. The molecule has 4 fully saturated rings. The molecular weight excluding hydrogens is 452 g/mol. The largest absolute Gasteiger partial charge is 0.468 e. The summed E-state index contributed by atoms with van der Waals surface area (Å²) < 4.78 is 5.49. The number of allylic oxidation sites excluding steroid dienone is 1. The molecule has 5 rings (SSSR count). The molecule has 36 heavy (non-hydrogen) atoms. The second-order valence-corrected chi connectivity index (χ2v) is 14.7. The molecule has 11 atom stereocenters. The van der Waals surface area contributed by atoms with E-state index in [-0.39, 0.29) is 41.7 Å². The number of esters is 1. The lowest BCUT2D eigenvalue weighted by molar-refractivity contribution is -0.214. The number of fused-ring (bicyclic) bond motifs is 7. The normalized spacial score (nSPS) is 54.1. The lowest BCUT2D eigenvalue weighted by Gasteiger charge is -2.69. The highest BCUT2D eigenvalue weighted by atomic mass is 16.5. The predicted octanol–water partition coefficient (Wildman–Crippen LogP) is 5.12. The molecule has 5 heteroatoms. The van der Waals surface area contributed by atoms with Crippen molar-refractivity contribution in [1.29, 1.82) is 0 Å². The first-order valence-electron chi connectivity index (χ1n) is 14.5. The van der Waals surface area contributed by atoms with E-state index in [0.717, 1.165) is 37.2 Å². The molecule has 5 aliphatic carbocycles. The fourth-order valence-corrected chi connectivity index (χ4v) is 11.4. The van der Waals surface area contributed by atoms with Crippen LogP contribution in [0.5, 0.6) is 0 Å². The number of aliphatic hydroxyl groups excluding tert-OH is 3. The molecule has 0 aromatic carbocycles. The lowest BCUT2D eigenvalue weighted by Crippen LogP contribution is -2.67. The first-order chi connectivity index (χ1) is 16.8. The Hall–Kier alpha value is -0.910. The van der Waals surface area contributed by atoms with Crippen LogP contribution in [-0.4, -0.2) is 47.2 Å². The van der Waals surface area contributed by atoms with E-state index in [0.29, 0.717) is 17.3 Å². The third-order valence-electron chi connectivity index (χ3n) is 13.5. The highest BCUT2D eigenvalue weighted by Gasteiger charge is 2.72. The number of ether oxygens (including phenoxy) is 1. The first-order valence-corrected chi connectivity index (χ1v) is 14.5. The van der Waals surface area contributed by atoms with Crippen molar-refractivity contribution in [1.82, 2.24) is 0 Å². The van der Waals surface area contributed by atoms with Crippen LogP contribution >= 0.6 is 0 Å². The van der Waals surface area contributed by atoms with E-state index < -0.39 is 23.0 Å². The molecule has 4 saturated carbocycles. The maximum Gasteiger partial charge on any atom is 0.316 e. The maximum absolute atomic E-state index is 13.8. The van der Waals surface area contributed by atoms with E-state index in [1.165, 1.54) is 26.4 Å². The van der Waals surface area contributed by atoms with Gasteiger partial charge in [-0.15, -0.1) is 0 Å². The molecule has 5 nitrogen and oxygen atoms in total. The molecule has 0 unspecified atom stereocenters. The summed E-state index contributed by atoms with van der Waals surface area (Å²) in [7, 11) is 1.44. The van der Waals surface area contributed by atoms with Crippen molar-refractivity contribution in [2.45, 2.75) is 105 Å². The molecule has 0 bridgehead atoms. The highest BCUT2D eigenvalue weighted by Crippen LogP contribution is 2.76. The van der Waals surface area contributed by atoms with Gasteiger partial charge < -0.3 is 20.1 Å². The van der Waals surface area contributed by atoms with Gasteiger partial charge in [0.15, 0.2) is 0 Å². The summed E-state index contributed by atoms with van der Waals surface area (Å²) in [5, 5.41) is 32.6. The van der Waals surface area contributed by atoms with Crippen LogP contribution in [0, 0.1) is 56.7 Å². The van der Waals surface area contributed by atoms with Crippen molar-refractivity contribution in [3.8, 4) is 0 Å². The quantitative estimate of drug-likeness (QED) is 0.368. The van der Waals surface area contributed by atoms with Crippen molar-refractivity contribution in [2.24, 2.45) is 56.7 Å². The van der Waals surface area contributed by atoms with E-state index in [4.69, 9.17) is 4.74 Å². The average molecular weight is 503 g/mol. The van der Waals surface area contributed by atoms with Gasteiger partial charge in [0.25, 0.3) is 0 Å². The van der Waals surface area contributed by atoms with Crippen LogP contribution in [0.15, 0.2) is 11.6 Å². The van der Waals surface area contributed by atoms with Gasteiger partial charge in [-0.3, -0.25) is 4.79 Å². The van der Waals surface area contributed by atoms with Gasteiger partial charge in [-0.1, -0.05) is 53.2 Å². The molecule has 0 aliphatic heterocycles. The summed E-state index contributed by atoms with van der Waals surface area (Å²) in [5.41, 5.74) is -0.218. The van der Waals surface area contributed by atoms with Crippen LogP contribution in [-0.2, 0) is 9.53 Å². The van der Waals surface area contributed by atoms with Crippen LogP contribution in [0.3, 0.4) is 0 Å². The molecule has 0 saturated heterocycles. The zero-order valence-electron chi connectivity index (χ0n) is 23.6. The van der Waals surface area contributed by atoms with Gasteiger partial charge in [-0.25, -0.2) is 0 Å². The fraction of sp³-hybridized carbons (Fsp3) is 0.903. The summed E-state index contributed by atoms with van der Waals surface area (Å²) in [4.78, 5) is 13.8. The average Bonchev–Trinajstić information content (AvgIpc) is 3.21.